The minimum atomic E-state index is 0.612. The van der Waals surface area contributed by atoms with Crippen LogP contribution in [0.25, 0.3) is 10.9 Å². The summed E-state index contributed by atoms with van der Waals surface area (Å²) in [5, 5.41) is 4.17. The van der Waals surface area contributed by atoms with E-state index < -0.39 is 0 Å². The molecule has 0 aliphatic carbocycles. The Kier molecular flexibility index (Phi) is 5.12. The first-order valence-corrected chi connectivity index (χ1v) is 6.99. The van der Waals surface area contributed by atoms with E-state index in [1.807, 2.05) is 38.4 Å². The van der Waals surface area contributed by atoms with Gasteiger partial charge in [0.2, 0.25) is 11.8 Å². The highest BCUT2D eigenvalue weighted by molar-refractivity contribution is 5.84. The number of fused-ring (bicyclic) bond motifs is 1. The lowest BCUT2D eigenvalue weighted by molar-refractivity contribution is 0.256. The summed E-state index contributed by atoms with van der Waals surface area (Å²) in [5.74, 6) is 1.28. The number of aromatic nitrogens is 2. The van der Waals surface area contributed by atoms with E-state index >= 15 is 0 Å². The van der Waals surface area contributed by atoms with E-state index in [-0.39, 0.29) is 0 Å². The molecule has 0 saturated carbocycles. The topological polar surface area (TPSA) is 50.3 Å². The third-order valence-electron chi connectivity index (χ3n) is 2.88. The van der Waals surface area contributed by atoms with Crippen molar-refractivity contribution in [2.75, 3.05) is 39.1 Å². The predicted molar refractivity (Wildman–Crippen MR) is 82.4 cm³/mol. The van der Waals surface area contributed by atoms with Crippen LogP contribution >= 0.6 is 0 Å². The van der Waals surface area contributed by atoms with Gasteiger partial charge in [-0.1, -0.05) is 19.1 Å². The molecule has 20 heavy (non-hydrogen) atoms. The number of likely N-dealkylation sites (N-methyl/N-ethyl adjacent to an activating group) is 1. The average molecular weight is 274 g/mol. The third-order valence-corrected chi connectivity index (χ3v) is 2.88. The Morgan fingerprint density at radius 3 is 2.75 bits per heavy atom. The summed E-state index contributed by atoms with van der Waals surface area (Å²) in [4.78, 5) is 11.1. The molecule has 0 aliphatic heterocycles. The summed E-state index contributed by atoms with van der Waals surface area (Å²) in [6, 6.07) is 7.92. The quantitative estimate of drug-likeness (QED) is 0.840. The fourth-order valence-corrected chi connectivity index (χ4v) is 1.80. The Bertz CT molecular complexity index is 557. The highest BCUT2D eigenvalue weighted by Gasteiger charge is 2.08. The zero-order valence-electron chi connectivity index (χ0n) is 12.4. The molecule has 0 saturated heterocycles. The van der Waals surface area contributed by atoms with Crippen molar-refractivity contribution in [3.63, 3.8) is 0 Å². The van der Waals surface area contributed by atoms with Crippen LogP contribution in [0, 0.1) is 0 Å². The fraction of sp³-hybridized carbons (Fsp3) is 0.467. The smallest absolute Gasteiger partial charge is 0.226 e. The first kappa shape index (κ1) is 14.5. The lowest BCUT2D eigenvalue weighted by Gasteiger charge is -2.13. The maximum Gasteiger partial charge on any atom is 0.226 e. The van der Waals surface area contributed by atoms with Crippen LogP contribution < -0.4 is 10.1 Å². The van der Waals surface area contributed by atoms with Gasteiger partial charge in [-0.3, -0.25) is 0 Å². The highest BCUT2D eigenvalue weighted by atomic mass is 16.5. The first-order valence-electron chi connectivity index (χ1n) is 6.99. The monoisotopic (exact) mass is 274 g/mol. The molecule has 0 fully saturated rings. The number of benzene rings is 1. The lowest BCUT2D eigenvalue weighted by atomic mass is 10.2. The van der Waals surface area contributed by atoms with E-state index in [1.54, 1.807) is 0 Å². The van der Waals surface area contributed by atoms with Gasteiger partial charge < -0.3 is 15.0 Å². The average Bonchev–Trinajstić information content (AvgIpc) is 2.44. The van der Waals surface area contributed by atoms with Gasteiger partial charge in [0.05, 0.1) is 10.9 Å². The van der Waals surface area contributed by atoms with E-state index in [4.69, 9.17) is 4.74 Å². The van der Waals surface area contributed by atoms with Crippen LogP contribution in [0.1, 0.15) is 13.3 Å². The van der Waals surface area contributed by atoms with Crippen molar-refractivity contribution >= 4 is 16.9 Å². The number of ether oxygens (including phenoxy) is 1. The number of rotatable bonds is 7. The van der Waals surface area contributed by atoms with Crippen LogP contribution in [0.2, 0.25) is 0 Å². The molecule has 0 bridgehead atoms. The standard InChI is InChI=1S/C15H22N4O/c1-4-9-16-15-17-13-8-6-5-7-12(13)14(18-15)20-11-10-19(2)3/h5-8H,4,9-11H2,1-3H3,(H,16,17,18). The van der Waals surface area contributed by atoms with Crippen molar-refractivity contribution in [3.05, 3.63) is 24.3 Å². The third kappa shape index (κ3) is 3.81. The molecule has 1 N–H and O–H groups in total. The van der Waals surface area contributed by atoms with Gasteiger partial charge in [0, 0.05) is 13.1 Å². The van der Waals surface area contributed by atoms with E-state index in [1.165, 1.54) is 0 Å². The minimum absolute atomic E-state index is 0.612. The molecule has 1 heterocycles. The number of para-hydroxylation sites is 1. The predicted octanol–water partition coefficient (Wildman–Crippen LogP) is 2.39. The number of nitrogens with zero attached hydrogens (tertiary/aromatic N) is 3. The summed E-state index contributed by atoms with van der Waals surface area (Å²) >= 11 is 0. The van der Waals surface area contributed by atoms with Gasteiger partial charge in [-0.2, -0.15) is 4.98 Å². The van der Waals surface area contributed by atoms with Gasteiger partial charge in [-0.25, -0.2) is 4.98 Å². The van der Waals surface area contributed by atoms with Crippen molar-refractivity contribution < 1.29 is 4.74 Å². The normalized spacial score (nSPS) is 11.0. The van der Waals surface area contributed by atoms with Gasteiger partial charge in [-0.15, -0.1) is 0 Å². The van der Waals surface area contributed by atoms with Crippen molar-refractivity contribution in [1.82, 2.24) is 14.9 Å². The van der Waals surface area contributed by atoms with E-state index in [0.717, 1.165) is 30.4 Å². The van der Waals surface area contributed by atoms with Crippen LogP contribution in [0.4, 0.5) is 5.95 Å². The van der Waals surface area contributed by atoms with E-state index in [9.17, 15) is 0 Å². The molecule has 0 unspecified atom stereocenters. The molecule has 0 spiro atoms. The summed E-state index contributed by atoms with van der Waals surface area (Å²) in [6.45, 7) is 4.44. The molecule has 1 aromatic carbocycles. The second kappa shape index (κ2) is 7.05. The zero-order chi connectivity index (χ0) is 14.4. The molecular weight excluding hydrogens is 252 g/mol. The SMILES string of the molecule is CCCNc1nc(OCCN(C)C)c2ccccc2n1. The summed E-state index contributed by atoms with van der Waals surface area (Å²) < 4.78 is 5.82. The van der Waals surface area contributed by atoms with Crippen molar-refractivity contribution in [2.45, 2.75) is 13.3 Å². The Labute approximate surface area is 120 Å². The van der Waals surface area contributed by atoms with Gasteiger partial charge in [0.15, 0.2) is 0 Å². The molecule has 5 nitrogen and oxygen atoms in total. The second-order valence-corrected chi connectivity index (χ2v) is 4.95. The Morgan fingerprint density at radius 1 is 1.20 bits per heavy atom. The fourth-order valence-electron chi connectivity index (χ4n) is 1.80. The van der Waals surface area contributed by atoms with E-state index in [0.29, 0.717) is 18.4 Å². The number of nitrogens with one attached hydrogen (secondary N) is 1. The lowest BCUT2D eigenvalue weighted by Crippen LogP contribution is -2.20. The van der Waals surface area contributed by atoms with Crippen molar-refractivity contribution in [2.24, 2.45) is 0 Å². The molecule has 5 heteroatoms. The molecule has 0 aliphatic rings. The number of hydrogen-bond acceptors (Lipinski definition) is 5. The Balaban J connectivity index is 2.24. The molecule has 0 radical (unpaired) electrons. The molecule has 2 aromatic rings. The molecule has 2 rings (SSSR count). The van der Waals surface area contributed by atoms with Crippen molar-refractivity contribution in [1.29, 1.82) is 0 Å². The van der Waals surface area contributed by atoms with Gasteiger partial charge in [0.1, 0.15) is 6.61 Å². The van der Waals surface area contributed by atoms with Gasteiger partial charge in [0.25, 0.3) is 0 Å². The van der Waals surface area contributed by atoms with Crippen molar-refractivity contribution in [3.8, 4) is 5.88 Å². The van der Waals surface area contributed by atoms with Crippen LogP contribution in [0.15, 0.2) is 24.3 Å². The van der Waals surface area contributed by atoms with Crippen LogP contribution in [-0.2, 0) is 0 Å². The highest BCUT2D eigenvalue weighted by Crippen LogP contribution is 2.23. The maximum atomic E-state index is 5.82. The first-order chi connectivity index (χ1) is 9.70. The van der Waals surface area contributed by atoms with Gasteiger partial charge in [-0.05, 0) is 32.6 Å². The molecule has 108 valence electrons. The van der Waals surface area contributed by atoms with Crippen LogP contribution in [-0.4, -0.2) is 48.7 Å². The largest absolute Gasteiger partial charge is 0.476 e. The molecule has 0 amide bonds. The molecule has 0 atom stereocenters. The Morgan fingerprint density at radius 2 is 2.00 bits per heavy atom. The maximum absolute atomic E-state index is 5.82. The number of hydrogen-bond donors (Lipinski definition) is 1. The summed E-state index contributed by atoms with van der Waals surface area (Å²) in [7, 11) is 4.05. The second-order valence-electron chi connectivity index (χ2n) is 4.95. The van der Waals surface area contributed by atoms with Gasteiger partial charge >= 0.3 is 0 Å². The number of anilines is 1. The molecule has 1 aromatic heterocycles. The summed E-state index contributed by atoms with van der Waals surface area (Å²) in [5.41, 5.74) is 0.904. The van der Waals surface area contributed by atoms with Crippen LogP contribution in [0.5, 0.6) is 5.88 Å². The minimum Gasteiger partial charge on any atom is -0.476 e. The summed E-state index contributed by atoms with van der Waals surface area (Å²) in [6.07, 6.45) is 1.03. The zero-order valence-corrected chi connectivity index (χ0v) is 12.4. The Hall–Kier alpha value is -1.88. The molecular formula is C15H22N4O. The van der Waals surface area contributed by atoms with Crippen LogP contribution in [0.3, 0.4) is 0 Å². The van der Waals surface area contributed by atoms with E-state index in [2.05, 4.69) is 27.1 Å².